The second-order valence-electron chi connectivity index (χ2n) is 6.80. The average molecular weight is 305 g/mol. The Balaban J connectivity index is 1.62. The molecule has 0 spiro atoms. The third-order valence-corrected chi connectivity index (χ3v) is 5.06. The van der Waals surface area contributed by atoms with E-state index in [1.54, 1.807) is 12.3 Å². The molecule has 120 valence electrons. The Bertz CT molecular complexity index is 514. The van der Waals surface area contributed by atoms with E-state index >= 15 is 0 Å². The van der Waals surface area contributed by atoms with E-state index in [0.29, 0.717) is 5.56 Å². The van der Waals surface area contributed by atoms with Crippen LogP contribution >= 0.6 is 0 Å². The van der Waals surface area contributed by atoms with Crippen LogP contribution in [0.3, 0.4) is 0 Å². The predicted octanol–water partition coefficient (Wildman–Crippen LogP) is 2.94. The fourth-order valence-electron chi connectivity index (χ4n) is 3.15. The molecule has 2 fully saturated rings. The topological polar surface area (TPSA) is 45.2 Å². The van der Waals surface area contributed by atoms with Gasteiger partial charge in [0.2, 0.25) is 0 Å². The molecule has 5 heteroatoms. The number of hydrogen-bond acceptors (Lipinski definition) is 3. The van der Waals surface area contributed by atoms with Crippen molar-refractivity contribution in [3.05, 3.63) is 23.9 Å². The van der Waals surface area contributed by atoms with Crippen LogP contribution in [-0.4, -0.2) is 36.2 Å². The first-order valence-electron chi connectivity index (χ1n) is 8.21. The molecule has 1 N–H and O–H groups in total. The number of anilines is 1. The third kappa shape index (κ3) is 3.08. The van der Waals surface area contributed by atoms with Gasteiger partial charge in [0.15, 0.2) is 0 Å². The van der Waals surface area contributed by atoms with Gasteiger partial charge in [-0.15, -0.1) is 0 Å². The normalized spacial score (nSPS) is 21.3. The molecule has 1 aliphatic heterocycles. The van der Waals surface area contributed by atoms with Crippen LogP contribution in [0, 0.1) is 5.92 Å². The van der Waals surface area contributed by atoms with Gasteiger partial charge in [-0.2, -0.15) is 0 Å². The van der Waals surface area contributed by atoms with Crippen LogP contribution in [0.2, 0.25) is 0 Å². The molecular weight excluding hydrogens is 281 g/mol. The quantitative estimate of drug-likeness (QED) is 0.930. The van der Waals surface area contributed by atoms with Crippen molar-refractivity contribution in [2.75, 3.05) is 24.7 Å². The summed E-state index contributed by atoms with van der Waals surface area (Å²) in [5, 5.41) is 2.83. The lowest BCUT2D eigenvalue weighted by Crippen LogP contribution is -2.55. The minimum atomic E-state index is -0.626. The molecule has 0 unspecified atom stereocenters. The predicted molar refractivity (Wildman–Crippen MR) is 84.9 cm³/mol. The second-order valence-corrected chi connectivity index (χ2v) is 6.80. The Kier molecular flexibility index (Phi) is 4.32. The van der Waals surface area contributed by atoms with Gasteiger partial charge in [0, 0.05) is 19.3 Å². The summed E-state index contributed by atoms with van der Waals surface area (Å²) < 4.78 is 13.1. The molecule has 22 heavy (non-hydrogen) atoms. The summed E-state index contributed by atoms with van der Waals surface area (Å²) >= 11 is 0. The van der Waals surface area contributed by atoms with Crippen molar-refractivity contribution in [3.63, 3.8) is 0 Å². The van der Waals surface area contributed by atoms with Gasteiger partial charge < -0.3 is 10.2 Å². The molecule has 1 saturated heterocycles. The summed E-state index contributed by atoms with van der Waals surface area (Å²) in [4.78, 5) is 18.9. The molecule has 1 aliphatic carbocycles. The highest BCUT2D eigenvalue weighted by atomic mass is 19.1. The van der Waals surface area contributed by atoms with Crippen LogP contribution in [0.1, 0.15) is 49.4 Å². The zero-order valence-electron chi connectivity index (χ0n) is 13.1. The lowest BCUT2D eigenvalue weighted by atomic mass is 9.77. The smallest absolute Gasteiger partial charge is 0.253 e. The van der Waals surface area contributed by atoms with E-state index in [1.807, 2.05) is 6.07 Å². The van der Waals surface area contributed by atoms with Crippen molar-refractivity contribution in [2.45, 2.75) is 44.6 Å². The summed E-state index contributed by atoms with van der Waals surface area (Å²) in [7, 11) is 0. The zero-order chi connectivity index (χ0) is 15.6. The van der Waals surface area contributed by atoms with E-state index < -0.39 is 12.2 Å². The van der Waals surface area contributed by atoms with Crippen molar-refractivity contribution in [2.24, 2.45) is 5.92 Å². The molecular formula is C17H24FN3O. The zero-order valence-corrected chi connectivity index (χ0v) is 13.1. The average Bonchev–Trinajstić information content (AvgIpc) is 2.52. The van der Waals surface area contributed by atoms with E-state index in [9.17, 15) is 9.18 Å². The molecule has 1 aromatic rings. The molecule has 1 amide bonds. The molecule has 4 nitrogen and oxygen atoms in total. The molecule has 2 heterocycles. The van der Waals surface area contributed by atoms with Crippen LogP contribution in [0.4, 0.5) is 10.2 Å². The lowest BCUT2D eigenvalue weighted by molar-refractivity contribution is 0.0773. The van der Waals surface area contributed by atoms with E-state index in [4.69, 9.17) is 0 Å². The van der Waals surface area contributed by atoms with Crippen molar-refractivity contribution in [3.8, 4) is 0 Å². The van der Waals surface area contributed by atoms with E-state index in [-0.39, 0.29) is 5.91 Å². The summed E-state index contributed by atoms with van der Waals surface area (Å²) in [6, 6.07) is 3.69. The Hall–Kier alpha value is -1.65. The standard InChI is InChI=1S/C17H24FN3O/c1-13-5-9-21(10-6-13)15-4-3-14(11-19-15)16(22)20-17(12-18)7-2-8-17/h3-4,11,13H,2,5-10,12H2,1H3,(H,20,22). The Labute approximate surface area is 131 Å². The summed E-state index contributed by atoms with van der Waals surface area (Å²) in [5.41, 5.74) is -0.118. The van der Waals surface area contributed by atoms with Crippen LogP contribution < -0.4 is 10.2 Å². The SMILES string of the molecule is CC1CCN(c2ccc(C(=O)NC3(CF)CCC3)cn2)CC1. The molecule has 2 aliphatic rings. The van der Waals surface area contributed by atoms with Gasteiger partial charge in [0.25, 0.3) is 5.91 Å². The van der Waals surface area contributed by atoms with Crippen molar-refractivity contribution in [1.82, 2.24) is 10.3 Å². The van der Waals surface area contributed by atoms with Gasteiger partial charge >= 0.3 is 0 Å². The number of pyridine rings is 1. The molecule has 1 aromatic heterocycles. The number of rotatable bonds is 4. The first-order chi connectivity index (χ1) is 10.6. The number of nitrogens with one attached hydrogen (secondary N) is 1. The first kappa shape index (κ1) is 15.3. The number of piperidine rings is 1. The van der Waals surface area contributed by atoms with E-state index in [2.05, 4.69) is 22.1 Å². The maximum atomic E-state index is 13.1. The lowest BCUT2D eigenvalue weighted by Gasteiger charge is -2.40. The molecule has 0 aromatic carbocycles. The Morgan fingerprint density at radius 3 is 2.64 bits per heavy atom. The largest absolute Gasteiger partial charge is 0.357 e. The van der Waals surface area contributed by atoms with Crippen LogP contribution in [0.15, 0.2) is 18.3 Å². The van der Waals surface area contributed by atoms with Gasteiger partial charge in [-0.05, 0) is 50.2 Å². The van der Waals surface area contributed by atoms with Gasteiger partial charge in [-0.1, -0.05) is 6.92 Å². The van der Waals surface area contributed by atoms with Gasteiger partial charge in [0.1, 0.15) is 12.5 Å². The van der Waals surface area contributed by atoms with Crippen molar-refractivity contribution < 1.29 is 9.18 Å². The number of nitrogens with zero attached hydrogens (tertiary/aromatic N) is 2. The molecule has 0 atom stereocenters. The fourth-order valence-corrected chi connectivity index (χ4v) is 3.15. The molecule has 0 radical (unpaired) electrons. The van der Waals surface area contributed by atoms with Gasteiger partial charge in [0.05, 0.1) is 11.1 Å². The van der Waals surface area contributed by atoms with Crippen LogP contribution in [0.25, 0.3) is 0 Å². The highest BCUT2D eigenvalue weighted by Gasteiger charge is 2.38. The summed E-state index contributed by atoms with van der Waals surface area (Å²) in [6.07, 6.45) is 6.41. The van der Waals surface area contributed by atoms with E-state index in [1.165, 1.54) is 12.8 Å². The number of carbonyl (C=O) groups excluding carboxylic acids is 1. The minimum Gasteiger partial charge on any atom is -0.357 e. The van der Waals surface area contributed by atoms with Crippen molar-refractivity contribution in [1.29, 1.82) is 0 Å². The summed E-state index contributed by atoms with van der Waals surface area (Å²) in [5.74, 6) is 1.48. The number of halogens is 1. The number of carbonyl (C=O) groups is 1. The number of alkyl halides is 1. The van der Waals surface area contributed by atoms with E-state index in [0.717, 1.165) is 44.1 Å². The Morgan fingerprint density at radius 2 is 2.14 bits per heavy atom. The first-order valence-corrected chi connectivity index (χ1v) is 8.21. The minimum absolute atomic E-state index is 0.219. The van der Waals surface area contributed by atoms with Gasteiger partial charge in [-0.3, -0.25) is 4.79 Å². The van der Waals surface area contributed by atoms with Crippen LogP contribution in [0.5, 0.6) is 0 Å². The number of amides is 1. The van der Waals surface area contributed by atoms with Crippen LogP contribution in [-0.2, 0) is 0 Å². The maximum Gasteiger partial charge on any atom is 0.253 e. The second kappa shape index (κ2) is 6.23. The monoisotopic (exact) mass is 305 g/mol. The fraction of sp³-hybridized carbons (Fsp3) is 0.647. The highest BCUT2D eigenvalue weighted by molar-refractivity contribution is 5.94. The molecule has 3 rings (SSSR count). The Morgan fingerprint density at radius 1 is 1.41 bits per heavy atom. The third-order valence-electron chi connectivity index (χ3n) is 5.06. The van der Waals surface area contributed by atoms with Gasteiger partial charge in [-0.25, -0.2) is 9.37 Å². The highest BCUT2D eigenvalue weighted by Crippen LogP contribution is 2.32. The number of hydrogen-bond donors (Lipinski definition) is 1. The summed E-state index contributed by atoms with van der Waals surface area (Å²) in [6.45, 7) is 3.82. The maximum absolute atomic E-state index is 13.1. The molecule has 0 bridgehead atoms. The van der Waals surface area contributed by atoms with Crippen molar-refractivity contribution >= 4 is 11.7 Å². The number of aromatic nitrogens is 1. The molecule has 1 saturated carbocycles.